The summed E-state index contributed by atoms with van der Waals surface area (Å²) in [6, 6.07) is 1.30. The zero-order valence-electron chi connectivity index (χ0n) is 14.7. The number of fused-ring (bicyclic) bond motifs is 1. The van der Waals surface area contributed by atoms with Crippen molar-refractivity contribution < 1.29 is 23.5 Å². The van der Waals surface area contributed by atoms with E-state index in [9.17, 15) is 14.0 Å². The van der Waals surface area contributed by atoms with Crippen LogP contribution in [0.5, 0.6) is 5.75 Å². The summed E-state index contributed by atoms with van der Waals surface area (Å²) in [6.07, 6.45) is 4.47. The molecule has 134 valence electrons. The predicted octanol–water partition coefficient (Wildman–Crippen LogP) is 2.28. The zero-order chi connectivity index (χ0) is 18.6. The van der Waals surface area contributed by atoms with Gasteiger partial charge in [-0.1, -0.05) is 0 Å². The van der Waals surface area contributed by atoms with Gasteiger partial charge in [-0.2, -0.15) is 0 Å². The molecule has 0 aliphatic heterocycles. The maximum absolute atomic E-state index is 14.7. The quantitative estimate of drug-likeness (QED) is 0.642. The molecule has 0 bridgehead atoms. The van der Waals surface area contributed by atoms with Crippen LogP contribution in [0.25, 0.3) is 17.0 Å². The van der Waals surface area contributed by atoms with Crippen molar-refractivity contribution in [1.29, 1.82) is 0 Å². The summed E-state index contributed by atoms with van der Waals surface area (Å²) in [7, 11) is 4.27. The fraction of sp³-hybridized carbons (Fsp3) is 0.333. The van der Waals surface area contributed by atoms with Gasteiger partial charge in [0.1, 0.15) is 11.6 Å². The van der Waals surface area contributed by atoms with Gasteiger partial charge >= 0.3 is 5.97 Å². The highest BCUT2D eigenvalue weighted by molar-refractivity contribution is 5.97. The van der Waals surface area contributed by atoms with E-state index >= 15 is 0 Å². The van der Waals surface area contributed by atoms with Gasteiger partial charge in [0.2, 0.25) is 5.91 Å². The summed E-state index contributed by atoms with van der Waals surface area (Å²) < 4.78 is 26.5. The molecule has 0 fully saturated rings. The van der Waals surface area contributed by atoms with Crippen LogP contribution in [0.2, 0.25) is 0 Å². The van der Waals surface area contributed by atoms with Gasteiger partial charge in [0.05, 0.1) is 26.2 Å². The first-order valence-corrected chi connectivity index (χ1v) is 7.81. The first kappa shape index (κ1) is 18.5. The van der Waals surface area contributed by atoms with E-state index in [1.807, 2.05) is 6.92 Å². The number of amides is 1. The van der Waals surface area contributed by atoms with Crippen LogP contribution >= 0.6 is 0 Å². The smallest absolute Gasteiger partial charge is 0.330 e. The van der Waals surface area contributed by atoms with Crippen molar-refractivity contribution in [3.05, 3.63) is 35.3 Å². The predicted molar refractivity (Wildman–Crippen MR) is 92.9 cm³/mol. The zero-order valence-corrected chi connectivity index (χ0v) is 14.7. The van der Waals surface area contributed by atoms with Crippen LogP contribution in [-0.2, 0) is 27.3 Å². The number of halogens is 1. The van der Waals surface area contributed by atoms with Gasteiger partial charge in [0.15, 0.2) is 0 Å². The van der Waals surface area contributed by atoms with E-state index in [0.29, 0.717) is 34.3 Å². The van der Waals surface area contributed by atoms with Gasteiger partial charge in [-0.05, 0) is 24.6 Å². The largest absolute Gasteiger partial charge is 0.495 e. The van der Waals surface area contributed by atoms with Crippen molar-refractivity contribution >= 4 is 28.9 Å². The maximum atomic E-state index is 14.7. The number of benzene rings is 1. The number of carbonyl (C=O) groups is 2. The minimum Gasteiger partial charge on any atom is -0.495 e. The molecule has 1 N–H and O–H groups in total. The Kier molecular flexibility index (Phi) is 5.80. The number of aromatic nitrogens is 1. The van der Waals surface area contributed by atoms with Crippen LogP contribution in [0.4, 0.5) is 4.39 Å². The summed E-state index contributed by atoms with van der Waals surface area (Å²) in [4.78, 5) is 23.2. The molecule has 0 saturated carbocycles. The highest BCUT2D eigenvalue weighted by atomic mass is 19.1. The van der Waals surface area contributed by atoms with Crippen LogP contribution in [0, 0.1) is 5.82 Å². The van der Waals surface area contributed by atoms with Crippen molar-refractivity contribution in [2.75, 3.05) is 21.3 Å². The van der Waals surface area contributed by atoms with Gasteiger partial charge < -0.3 is 19.4 Å². The minimum atomic E-state index is -0.556. The Bertz CT molecular complexity index is 839. The molecule has 25 heavy (non-hydrogen) atoms. The first-order chi connectivity index (χ1) is 12.0. The van der Waals surface area contributed by atoms with Gasteiger partial charge in [-0.3, -0.25) is 4.79 Å². The Morgan fingerprint density at radius 2 is 2.08 bits per heavy atom. The molecule has 2 rings (SSSR count). The lowest BCUT2D eigenvalue weighted by molar-refractivity contribution is -0.134. The van der Waals surface area contributed by atoms with E-state index in [0.717, 1.165) is 0 Å². The number of nitrogens with zero attached hydrogens (tertiary/aromatic N) is 1. The molecule has 0 radical (unpaired) electrons. The number of methoxy groups -OCH3 is 2. The maximum Gasteiger partial charge on any atom is 0.330 e. The molecule has 0 unspecified atom stereocenters. The molecule has 1 amide bonds. The molecule has 1 aromatic heterocycles. The number of aryl methyl sites for hydroxylation is 1. The fourth-order valence-electron chi connectivity index (χ4n) is 2.75. The van der Waals surface area contributed by atoms with E-state index in [1.54, 1.807) is 17.8 Å². The van der Waals surface area contributed by atoms with Crippen LogP contribution in [-0.4, -0.2) is 37.7 Å². The minimum absolute atomic E-state index is 0.0972. The molecular formula is C18H21FN2O4. The third-order valence-electron chi connectivity index (χ3n) is 3.93. The Morgan fingerprint density at radius 1 is 1.36 bits per heavy atom. The Hall–Kier alpha value is -2.83. The number of hydrogen-bond donors (Lipinski definition) is 1. The second kappa shape index (κ2) is 7.83. The molecule has 0 spiro atoms. The standard InChI is InChI=1S/C18H21FN2O4/c1-5-21-10-12(9-14(22)20-2)16-17(21)13(19)8-11(18(16)25-4)6-7-15(23)24-3/h6-8,10H,5,9H2,1-4H3,(H,20,22). The second-order valence-corrected chi connectivity index (χ2v) is 5.35. The Morgan fingerprint density at radius 3 is 2.64 bits per heavy atom. The lowest BCUT2D eigenvalue weighted by atomic mass is 10.0. The molecule has 1 aromatic carbocycles. The van der Waals surface area contributed by atoms with Gasteiger partial charge in [-0.15, -0.1) is 0 Å². The Balaban J connectivity index is 2.74. The molecule has 0 atom stereocenters. The number of nitrogens with one attached hydrogen (secondary N) is 1. The number of carbonyl (C=O) groups excluding carboxylic acids is 2. The van der Waals surface area contributed by atoms with Crippen LogP contribution in [0.3, 0.4) is 0 Å². The summed E-state index contributed by atoms with van der Waals surface area (Å²) in [5.74, 6) is -0.791. The Labute approximate surface area is 145 Å². The van der Waals surface area contributed by atoms with Crippen LogP contribution in [0.15, 0.2) is 18.3 Å². The number of hydrogen-bond acceptors (Lipinski definition) is 4. The number of likely N-dealkylation sites (N-methyl/N-ethyl adjacent to an activating group) is 1. The molecular weight excluding hydrogens is 327 g/mol. The molecule has 7 heteroatoms. The molecule has 2 aromatic rings. The highest BCUT2D eigenvalue weighted by Crippen LogP contribution is 2.37. The lowest BCUT2D eigenvalue weighted by Gasteiger charge is -2.11. The van der Waals surface area contributed by atoms with E-state index in [4.69, 9.17) is 4.74 Å². The van der Waals surface area contributed by atoms with Gasteiger partial charge in [-0.25, -0.2) is 9.18 Å². The number of rotatable bonds is 6. The van der Waals surface area contributed by atoms with Crippen molar-refractivity contribution in [1.82, 2.24) is 9.88 Å². The lowest BCUT2D eigenvalue weighted by Crippen LogP contribution is -2.19. The van der Waals surface area contributed by atoms with Crippen molar-refractivity contribution in [2.24, 2.45) is 0 Å². The van der Waals surface area contributed by atoms with E-state index in [-0.39, 0.29) is 12.3 Å². The van der Waals surface area contributed by atoms with Crippen molar-refractivity contribution in [2.45, 2.75) is 19.9 Å². The molecule has 6 nitrogen and oxygen atoms in total. The van der Waals surface area contributed by atoms with Crippen LogP contribution < -0.4 is 10.1 Å². The number of esters is 1. The van der Waals surface area contributed by atoms with Gasteiger partial charge in [0.25, 0.3) is 0 Å². The van der Waals surface area contributed by atoms with E-state index in [2.05, 4.69) is 10.1 Å². The van der Waals surface area contributed by atoms with Crippen molar-refractivity contribution in [3.8, 4) is 5.75 Å². The summed E-state index contributed by atoms with van der Waals surface area (Å²) >= 11 is 0. The highest BCUT2D eigenvalue weighted by Gasteiger charge is 2.20. The average Bonchev–Trinajstić information content (AvgIpc) is 2.98. The van der Waals surface area contributed by atoms with Crippen LogP contribution in [0.1, 0.15) is 18.1 Å². The summed E-state index contributed by atoms with van der Waals surface area (Å²) in [6.45, 7) is 2.43. The molecule has 1 heterocycles. The normalized spacial score (nSPS) is 11.1. The first-order valence-electron chi connectivity index (χ1n) is 7.81. The molecule has 0 aliphatic rings. The van der Waals surface area contributed by atoms with E-state index < -0.39 is 11.8 Å². The summed E-state index contributed by atoms with van der Waals surface area (Å²) in [5, 5.41) is 3.09. The topological polar surface area (TPSA) is 69.6 Å². The fourth-order valence-corrected chi connectivity index (χ4v) is 2.75. The third kappa shape index (κ3) is 3.65. The van der Waals surface area contributed by atoms with Gasteiger partial charge in [0, 0.05) is 36.8 Å². The van der Waals surface area contributed by atoms with E-state index in [1.165, 1.54) is 32.4 Å². The summed E-state index contributed by atoms with van der Waals surface area (Å²) in [5.41, 5.74) is 1.42. The molecule has 0 aliphatic carbocycles. The molecule has 0 saturated heterocycles. The average molecular weight is 348 g/mol. The van der Waals surface area contributed by atoms with Crippen molar-refractivity contribution in [3.63, 3.8) is 0 Å². The second-order valence-electron chi connectivity index (χ2n) is 5.35. The SMILES string of the molecule is CCn1cc(CC(=O)NC)c2c(OC)c(C=CC(=O)OC)cc(F)c21. The monoisotopic (exact) mass is 348 g/mol. The number of ether oxygens (including phenoxy) is 2. The third-order valence-corrected chi connectivity index (χ3v) is 3.93.